The Morgan fingerprint density at radius 1 is 1.33 bits per heavy atom. The van der Waals surface area contributed by atoms with Gasteiger partial charge in [-0.1, -0.05) is 0 Å². The number of aromatic nitrogens is 1. The van der Waals surface area contributed by atoms with Gasteiger partial charge in [0.05, 0.1) is 31.0 Å². The number of hydrogen-bond acceptors (Lipinski definition) is 7. The van der Waals surface area contributed by atoms with Gasteiger partial charge in [0.25, 0.3) is 10.2 Å². The summed E-state index contributed by atoms with van der Waals surface area (Å²) in [6, 6.07) is 5.81. The Kier molecular flexibility index (Phi) is 5.36. The molecular weight excluding hydrogens is 370 g/mol. The van der Waals surface area contributed by atoms with Crippen molar-refractivity contribution in [1.29, 1.82) is 5.26 Å². The van der Waals surface area contributed by atoms with Crippen LogP contribution < -0.4 is 24.2 Å². The van der Waals surface area contributed by atoms with Crippen molar-refractivity contribution in [2.75, 3.05) is 38.8 Å². The molecular formula is C17H21N5O4S. The van der Waals surface area contributed by atoms with Crippen LogP contribution in [0, 0.1) is 17.2 Å². The molecule has 0 radical (unpaired) electrons. The quantitative estimate of drug-likeness (QED) is 0.712. The number of nitrogens with two attached hydrogens (primary N) is 1. The summed E-state index contributed by atoms with van der Waals surface area (Å²) in [5.74, 6) is 1.45. The molecule has 0 atom stereocenters. The summed E-state index contributed by atoms with van der Waals surface area (Å²) in [7, 11) is -0.546. The molecule has 2 aromatic rings. The van der Waals surface area contributed by atoms with Crippen LogP contribution in [0.5, 0.6) is 11.5 Å². The number of nitrogens with one attached hydrogen (secondary N) is 1. The molecule has 0 unspecified atom stereocenters. The molecule has 0 spiro atoms. The van der Waals surface area contributed by atoms with Crippen molar-refractivity contribution in [2.24, 2.45) is 11.1 Å². The van der Waals surface area contributed by atoms with Crippen LogP contribution in [-0.2, 0) is 10.2 Å². The van der Waals surface area contributed by atoms with Gasteiger partial charge in [-0.2, -0.15) is 13.7 Å². The van der Waals surface area contributed by atoms with E-state index in [0.29, 0.717) is 54.6 Å². The van der Waals surface area contributed by atoms with Gasteiger partial charge in [0.1, 0.15) is 6.07 Å². The fourth-order valence-electron chi connectivity index (χ4n) is 3.27. The highest BCUT2D eigenvalue weighted by Gasteiger charge is 2.30. The predicted molar refractivity (Wildman–Crippen MR) is 101 cm³/mol. The van der Waals surface area contributed by atoms with E-state index in [-0.39, 0.29) is 0 Å². The summed E-state index contributed by atoms with van der Waals surface area (Å²) in [6.07, 6.45) is 2.23. The Hall–Kier alpha value is -2.61. The molecule has 1 fully saturated rings. The van der Waals surface area contributed by atoms with E-state index in [1.807, 2.05) is 6.07 Å². The second kappa shape index (κ2) is 7.56. The van der Waals surface area contributed by atoms with Crippen LogP contribution in [0.2, 0.25) is 0 Å². The Balaban J connectivity index is 1.85. The molecule has 0 bridgehead atoms. The molecule has 144 valence electrons. The predicted octanol–water partition coefficient (Wildman–Crippen LogP) is 0.743. The maximum atomic E-state index is 10.9. The lowest BCUT2D eigenvalue weighted by molar-refractivity contribution is 0.355. The van der Waals surface area contributed by atoms with Crippen molar-refractivity contribution in [3.8, 4) is 17.6 Å². The average molecular weight is 391 g/mol. The number of anilines is 1. The van der Waals surface area contributed by atoms with Crippen LogP contribution in [0.1, 0.15) is 12.0 Å². The third-order valence-electron chi connectivity index (χ3n) is 4.59. The number of fused-ring (bicyclic) bond motifs is 1. The van der Waals surface area contributed by atoms with Crippen molar-refractivity contribution in [2.45, 2.75) is 6.42 Å². The largest absolute Gasteiger partial charge is 0.493 e. The van der Waals surface area contributed by atoms with Gasteiger partial charge in [0, 0.05) is 37.3 Å². The SMILES string of the molecule is COc1cc2ncc(C#N)c(N3CC(CCNS(N)(=O)=O)C3)c2cc1OC. The zero-order valence-corrected chi connectivity index (χ0v) is 15.9. The van der Waals surface area contributed by atoms with E-state index in [4.69, 9.17) is 14.6 Å². The molecule has 1 aromatic carbocycles. The molecule has 0 aliphatic carbocycles. The Morgan fingerprint density at radius 3 is 2.59 bits per heavy atom. The molecule has 2 heterocycles. The summed E-state index contributed by atoms with van der Waals surface area (Å²) in [5, 5.41) is 15.3. The Morgan fingerprint density at radius 2 is 2.00 bits per heavy atom. The summed E-state index contributed by atoms with van der Waals surface area (Å²) < 4.78 is 34.9. The number of methoxy groups -OCH3 is 2. The standard InChI is InChI=1S/C17H21N5O4S/c1-25-15-5-13-14(6-16(15)26-2)20-8-12(7-18)17(13)22-9-11(10-22)3-4-21-27(19,23)24/h5-6,8,11,21H,3-4,9-10H2,1-2H3,(H2,19,23,24). The summed E-state index contributed by atoms with van der Waals surface area (Å²) >= 11 is 0. The van der Waals surface area contributed by atoms with Gasteiger partial charge >= 0.3 is 0 Å². The van der Waals surface area contributed by atoms with Crippen molar-refractivity contribution in [3.05, 3.63) is 23.9 Å². The molecule has 1 aliphatic rings. The second-order valence-electron chi connectivity index (χ2n) is 6.36. The molecule has 0 saturated carbocycles. The molecule has 0 amide bonds. The lowest BCUT2D eigenvalue weighted by atomic mass is 9.94. The molecule has 1 saturated heterocycles. The van der Waals surface area contributed by atoms with E-state index in [0.717, 1.165) is 11.1 Å². The van der Waals surface area contributed by atoms with Crippen LogP contribution in [0.15, 0.2) is 18.3 Å². The zero-order chi connectivity index (χ0) is 19.6. The fourth-order valence-corrected chi connectivity index (χ4v) is 3.67. The van der Waals surface area contributed by atoms with Gasteiger partial charge in [-0.15, -0.1) is 0 Å². The molecule has 9 nitrogen and oxygen atoms in total. The fraction of sp³-hybridized carbons (Fsp3) is 0.412. The van der Waals surface area contributed by atoms with Crippen LogP contribution >= 0.6 is 0 Å². The molecule has 10 heteroatoms. The van der Waals surface area contributed by atoms with Crippen molar-refractivity contribution >= 4 is 26.8 Å². The summed E-state index contributed by atoms with van der Waals surface area (Å²) in [6.45, 7) is 1.73. The minimum Gasteiger partial charge on any atom is -0.493 e. The monoisotopic (exact) mass is 391 g/mol. The molecule has 3 rings (SSSR count). The third-order valence-corrected chi connectivity index (χ3v) is 5.20. The van der Waals surface area contributed by atoms with Gasteiger partial charge in [-0.05, 0) is 18.4 Å². The van der Waals surface area contributed by atoms with E-state index in [1.54, 1.807) is 26.5 Å². The minimum absolute atomic E-state index is 0.296. The summed E-state index contributed by atoms with van der Waals surface area (Å²) in [4.78, 5) is 6.45. The van der Waals surface area contributed by atoms with Gasteiger partial charge in [0.15, 0.2) is 11.5 Å². The van der Waals surface area contributed by atoms with E-state index in [1.165, 1.54) is 0 Å². The molecule has 1 aliphatic heterocycles. The first-order chi connectivity index (χ1) is 12.9. The van der Waals surface area contributed by atoms with E-state index in [2.05, 4.69) is 20.7 Å². The minimum atomic E-state index is -3.66. The van der Waals surface area contributed by atoms with E-state index < -0.39 is 10.2 Å². The highest BCUT2D eigenvalue weighted by atomic mass is 32.2. The topological polar surface area (TPSA) is 131 Å². The number of hydrogen-bond donors (Lipinski definition) is 2. The maximum Gasteiger partial charge on any atom is 0.274 e. The van der Waals surface area contributed by atoms with Crippen LogP contribution in [0.3, 0.4) is 0 Å². The normalized spacial score (nSPS) is 14.7. The van der Waals surface area contributed by atoms with Crippen LogP contribution in [0.4, 0.5) is 5.69 Å². The lowest BCUT2D eigenvalue weighted by Crippen LogP contribution is -2.48. The molecule has 3 N–H and O–H groups in total. The maximum absolute atomic E-state index is 10.9. The first-order valence-corrected chi connectivity index (χ1v) is 9.88. The zero-order valence-electron chi connectivity index (χ0n) is 15.1. The number of pyridine rings is 1. The van der Waals surface area contributed by atoms with Gasteiger partial charge in [-0.25, -0.2) is 9.86 Å². The van der Waals surface area contributed by atoms with Crippen molar-refractivity contribution < 1.29 is 17.9 Å². The number of nitriles is 1. The highest BCUT2D eigenvalue weighted by molar-refractivity contribution is 7.87. The van der Waals surface area contributed by atoms with E-state index >= 15 is 0 Å². The lowest BCUT2D eigenvalue weighted by Gasteiger charge is -2.42. The van der Waals surface area contributed by atoms with Gasteiger partial charge in [-0.3, -0.25) is 4.98 Å². The van der Waals surface area contributed by atoms with E-state index in [9.17, 15) is 13.7 Å². The number of rotatable bonds is 7. The molecule has 1 aromatic heterocycles. The van der Waals surface area contributed by atoms with Gasteiger partial charge < -0.3 is 14.4 Å². The first kappa shape index (κ1) is 19.2. The molecule has 27 heavy (non-hydrogen) atoms. The van der Waals surface area contributed by atoms with Crippen LogP contribution in [-0.4, -0.2) is 47.3 Å². The number of ether oxygens (including phenoxy) is 2. The van der Waals surface area contributed by atoms with Gasteiger partial charge in [0.2, 0.25) is 0 Å². The van der Waals surface area contributed by atoms with Crippen LogP contribution in [0.25, 0.3) is 10.9 Å². The smallest absolute Gasteiger partial charge is 0.274 e. The Bertz CT molecular complexity index is 997. The number of nitrogens with zero attached hydrogens (tertiary/aromatic N) is 3. The van der Waals surface area contributed by atoms with Crippen molar-refractivity contribution in [3.63, 3.8) is 0 Å². The Labute approximate surface area is 157 Å². The third kappa shape index (κ3) is 4.05. The van der Waals surface area contributed by atoms with Crippen molar-refractivity contribution in [1.82, 2.24) is 9.71 Å². The summed E-state index contributed by atoms with van der Waals surface area (Å²) in [5.41, 5.74) is 2.00. The number of benzene rings is 1. The first-order valence-electron chi connectivity index (χ1n) is 8.33. The second-order valence-corrected chi connectivity index (χ2v) is 7.73. The average Bonchev–Trinajstić information content (AvgIpc) is 2.60. The highest BCUT2D eigenvalue weighted by Crippen LogP contribution is 2.39.